The molecule has 0 spiro atoms. The summed E-state index contributed by atoms with van der Waals surface area (Å²) in [5.74, 6) is -1.44. The summed E-state index contributed by atoms with van der Waals surface area (Å²) in [7, 11) is 0. The van der Waals surface area contributed by atoms with E-state index in [-0.39, 0.29) is 0 Å². The number of hydrogen-bond acceptors (Lipinski definition) is 2. The van der Waals surface area contributed by atoms with Crippen LogP contribution in [0.1, 0.15) is 27.4 Å². The van der Waals surface area contributed by atoms with Gasteiger partial charge in [0.15, 0.2) is 0 Å². The van der Waals surface area contributed by atoms with E-state index >= 15 is 0 Å². The van der Waals surface area contributed by atoms with Crippen LogP contribution < -0.4 is 0 Å². The van der Waals surface area contributed by atoms with Gasteiger partial charge in [0.25, 0.3) is 0 Å². The van der Waals surface area contributed by atoms with Crippen molar-refractivity contribution in [2.45, 2.75) is 5.92 Å². The first-order chi connectivity index (χ1) is 11.3. The molecule has 0 aliphatic rings. The van der Waals surface area contributed by atoms with Gasteiger partial charge in [0.05, 0.1) is 5.92 Å². The molecule has 0 saturated carbocycles. The largest absolute Gasteiger partial charge is 0.289 e. The molecule has 0 radical (unpaired) electrons. The van der Waals surface area contributed by atoms with Gasteiger partial charge in [-0.05, 0) is 11.1 Å². The highest BCUT2D eigenvalue weighted by molar-refractivity contribution is 6.46. The van der Waals surface area contributed by atoms with Crippen LogP contribution in [-0.4, -0.2) is 11.6 Å². The maximum Gasteiger partial charge on any atom is 0.229 e. The number of rotatable bonds is 5. The van der Waals surface area contributed by atoms with E-state index in [0.717, 1.165) is 11.1 Å². The Kier molecular flexibility index (Phi) is 4.44. The van der Waals surface area contributed by atoms with E-state index in [4.69, 9.17) is 0 Å². The standard InChI is InChI=1S/C21H16O2/c22-20(18-14-8-3-9-15-18)21(23)19(16-10-4-1-5-11-16)17-12-6-2-7-13-17/h1-15,19H. The van der Waals surface area contributed by atoms with Crippen molar-refractivity contribution >= 4 is 11.6 Å². The molecule has 0 atom stereocenters. The number of carbonyl (C=O) groups excluding carboxylic acids is 2. The highest BCUT2D eigenvalue weighted by atomic mass is 16.2. The van der Waals surface area contributed by atoms with E-state index in [1.54, 1.807) is 24.3 Å². The second-order valence-electron chi connectivity index (χ2n) is 5.31. The van der Waals surface area contributed by atoms with E-state index in [9.17, 15) is 9.59 Å². The summed E-state index contributed by atoms with van der Waals surface area (Å²) in [6, 6.07) is 27.6. The lowest BCUT2D eigenvalue weighted by atomic mass is 9.85. The molecule has 3 aromatic carbocycles. The minimum atomic E-state index is -0.579. The second-order valence-corrected chi connectivity index (χ2v) is 5.31. The first-order valence-electron chi connectivity index (χ1n) is 7.51. The molecule has 0 saturated heterocycles. The molecule has 3 aromatic rings. The lowest BCUT2D eigenvalue weighted by Gasteiger charge is -2.16. The molecule has 0 bridgehead atoms. The topological polar surface area (TPSA) is 34.1 Å². The monoisotopic (exact) mass is 300 g/mol. The first kappa shape index (κ1) is 14.9. The van der Waals surface area contributed by atoms with Gasteiger partial charge < -0.3 is 0 Å². The van der Waals surface area contributed by atoms with Crippen LogP contribution in [0.5, 0.6) is 0 Å². The second kappa shape index (κ2) is 6.84. The summed E-state index contributed by atoms with van der Waals surface area (Å²) in [5, 5.41) is 0. The molecule has 112 valence electrons. The molecule has 0 aromatic heterocycles. The Labute approximate surface area is 135 Å². The molecule has 2 heteroatoms. The van der Waals surface area contributed by atoms with Crippen LogP contribution in [0.2, 0.25) is 0 Å². The Morgan fingerprint density at radius 1 is 0.565 bits per heavy atom. The maximum atomic E-state index is 12.9. The normalized spacial score (nSPS) is 10.5. The predicted molar refractivity (Wildman–Crippen MR) is 90.5 cm³/mol. The molecule has 3 rings (SSSR count). The lowest BCUT2D eigenvalue weighted by Crippen LogP contribution is -2.23. The summed E-state index contributed by atoms with van der Waals surface area (Å²) >= 11 is 0. The number of carbonyl (C=O) groups is 2. The van der Waals surface area contributed by atoms with Gasteiger partial charge in [-0.3, -0.25) is 9.59 Å². The third-order valence-electron chi connectivity index (χ3n) is 3.79. The van der Waals surface area contributed by atoms with Crippen LogP contribution in [0.15, 0.2) is 91.0 Å². The molecular weight excluding hydrogens is 284 g/mol. The van der Waals surface area contributed by atoms with Crippen LogP contribution in [0.3, 0.4) is 0 Å². The smallest absolute Gasteiger partial charge is 0.229 e. The van der Waals surface area contributed by atoms with Gasteiger partial charge in [-0.2, -0.15) is 0 Å². The summed E-state index contributed by atoms with van der Waals surface area (Å²) in [6.07, 6.45) is 0. The number of Topliss-reactive ketones (excluding diaryl/α,β-unsaturated/α-hetero) is 2. The summed E-state index contributed by atoms with van der Waals surface area (Å²) in [4.78, 5) is 25.5. The zero-order valence-electron chi connectivity index (χ0n) is 12.6. The summed E-state index contributed by atoms with van der Waals surface area (Å²) < 4.78 is 0. The van der Waals surface area contributed by atoms with Crippen molar-refractivity contribution < 1.29 is 9.59 Å². The van der Waals surface area contributed by atoms with Crippen molar-refractivity contribution in [1.29, 1.82) is 0 Å². The molecule has 0 aliphatic heterocycles. The van der Waals surface area contributed by atoms with Crippen molar-refractivity contribution in [3.8, 4) is 0 Å². The van der Waals surface area contributed by atoms with Crippen LogP contribution >= 0.6 is 0 Å². The van der Waals surface area contributed by atoms with E-state index in [1.165, 1.54) is 0 Å². The first-order valence-corrected chi connectivity index (χ1v) is 7.51. The fourth-order valence-electron chi connectivity index (χ4n) is 2.65. The molecule has 0 aliphatic carbocycles. The fourth-order valence-corrected chi connectivity index (χ4v) is 2.65. The van der Waals surface area contributed by atoms with Crippen LogP contribution in [0.4, 0.5) is 0 Å². The van der Waals surface area contributed by atoms with Gasteiger partial charge in [0.2, 0.25) is 11.6 Å². The lowest BCUT2D eigenvalue weighted by molar-refractivity contribution is -0.115. The molecule has 23 heavy (non-hydrogen) atoms. The maximum absolute atomic E-state index is 12.9. The highest BCUT2D eigenvalue weighted by Gasteiger charge is 2.28. The predicted octanol–water partition coefficient (Wildman–Crippen LogP) is 4.27. The average Bonchev–Trinajstić information content (AvgIpc) is 2.64. The van der Waals surface area contributed by atoms with Crippen LogP contribution in [0.25, 0.3) is 0 Å². The molecule has 0 unspecified atom stereocenters. The van der Waals surface area contributed by atoms with Crippen molar-refractivity contribution in [3.05, 3.63) is 108 Å². The zero-order chi connectivity index (χ0) is 16.1. The molecule has 0 heterocycles. The van der Waals surface area contributed by atoms with Crippen molar-refractivity contribution in [2.24, 2.45) is 0 Å². The summed E-state index contributed by atoms with van der Waals surface area (Å²) in [6.45, 7) is 0. The third kappa shape index (κ3) is 3.27. The van der Waals surface area contributed by atoms with Gasteiger partial charge in [0, 0.05) is 5.56 Å². The summed E-state index contributed by atoms with van der Waals surface area (Å²) in [5.41, 5.74) is 2.08. The molecule has 0 amide bonds. The minimum absolute atomic E-state index is 0.409. The van der Waals surface area contributed by atoms with Gasteiger partial charge in [-0.1, -0.05) is 91.0 Å². The van der Waals surface area contributed by atoms with E-state index in [1.807, 2.05) is 66.7 Å². The number of ketones is 2. The van der Waals surface area contributed by atoms with Crippen LogP contribution in [-0.2, 0) is 4.79 Å². The molecular formula is C21H16O2. The highest BCUT2D eigenvalue weighted by Crippen LogP contribution is 2.26. The molecule has 0 N–H and O–H groups in total. The quantitative estimate of drug-likeness (QED) is 0.521. The van der Waals surface area contributed by atoms with E-state index in [0.29, 0.717) is 5.56 Å². The van der Waals surface area contributed by atoms with Crippen molar-refractivity contribution in [1.82, 2.24) is 0 Å². The van der Waals surface area contributed by atoms with Gasteiger partial charge in [-0.25, -0.2) is 0 Å². The molecule has 2 nitrogen and oxygen atoms in total. The molecule has 0 fully saturated rings. The van der Waals surface area contributed by atoms with E-state index in [2.05, 4.69) is 0 Å². The van der Waals surface area contributed by atoms with Gasteiger partial charge in [0.1, 0.15) is 0 Å². The zero-order valence-corrected chi connectivity index (χ0v) is 12.6. The fraction of sp³-hybridized carbons (Fsp3) is 0.0476. The average molecular weight is 300 g/mol. The number of benzene rings is 3. The Morgan fingerprint density at radius 2 is 0.957 bits per heavy atom. The van der Waals surface area contributed by atoms with Crippen molar-refractivity contribution in [2.75, 3.05) is 0 Å². The Bertz CT molecular complexity index is 754. The van der Waals surface area contributed by atoms with E-state index < -0.39 is 17.5 Å². The Morgan fingerprint density at radius 3 is 1.39 bits per heavy atom. The Balaban J connectivity index is 2.02. The third-order valence-corrected chi connectivity index (χ3v) is 3.79. The number of hydrogen-bond donors (Lipinski definition) is 0. The minimum Gasteiger partial charge on any atom is -0.289 e. The SMILES string of the molecule is O=C(C(=O)C(c1ccccc1)c1ccccc1)c1ccccc1. The van der Waals surface area contributed by atoms with Gasteiger partial charge >= 0.3 is 0 Å². The van der Waals surface area contributed by atoms with Crippen LogP contribution in [0, 0.1) is 0 Å². The van der Waals surface area contributed by atoms with Gasteiger partial charge in [-0.15, -0.1) is 0 Å². The van der Waals surface area contributed by atoms with Crippen molar-refractivity contribution in [3.63, 3.8) is 0 Å². The Hall–Kier alpha value is -3.00.